The van der Waals surface area contributed by atoms with Crippen LogP contribution < -0.4 is 4.90 Å². The quantitative estimate of drug-likeness (QED) is 0.657. The van der Waals surface area contributed by atoms with Crippen LogP contribution in [-0.2, 0) is 5.41 Å². The minimum absolute atomic E-state index is 0.142. The lowest BCUT2D eigenvalue weighted by Gasteiger charge is -2.22. The van der Waals surface area contributed by atoms with Crippen LogP contribution in [0.4, 0.5) is 5.82 Å². The Morgan fingerprint density at radius 1 is 0.889 bits per heavy atom. The van der Waals surface area contributed by atoms with Crippen LogP contribution >= 0.6 is 0 Å². The summed E-state index contributed by atoms with van der Waals surface area (Å²) in [5, 5.41) is 4.82. The Morgan fingerprint density at radius 2 is 1.56 bits per heavy atom. The molecule has 1 aliphatic heterocycles. The van der Waals surface area contributed by atoms with Gasteiger partial charge in [0.1, 0.15) is 5.82 Å². The van der Waals surface area contributed by atoms with E-state index in [1.54, 1.807) is 0 Å². The molecule has 142 valence electrons. The summed E-state index contributed by atoms with van der Waals surface area (Å²) in [5.41, 5.74) is 3.48. The van der Waals surface area contributed by atoms with E-state index in [9.17, 15) is 0 Å². The van der Waals surface area contributed by atoms with Crippen LogP contribution in [0.3, 0.4) is 0 Å². The first kappa shape index (κ1) is 18.0. The van der Waals surface area contributed by atoms with Crippen molar-refractivity contribution in [3.8, 4) is 11.4 Å². The van der Waals surface area contributed by atoms with Crippen molar-refractivity contribution in [3.63, 3.8) is 0 Å². The molecule has 27 heavy (non-hydrogen) atoms. The van der Waals surface area contributed by atoms with Crippen molar-refractivity contribution >= 4 is 11.6 Å². The summed E-state index contributed by atoms with van der Waals surface area (Å²) in [6.45, 7) is 10.9. The van der Waals surface area contributed by atoms with Gasteiger partial charge in [-0.1, -0.05) is 57.9 Å². The number of aromatic nitrogens is 4. The largest absolute Gasteiger partial charge is 0.356 e. The zero-order valence-electron chi connectivity index (χ0n) is 16.9. The molecule has 0 bridgehead atoms. The Kier molecular flexibility index (Phi) is 4.62. The monoisotopic (exact) mass is 363 g/mol. The minimum atomic E-state index is 0.142. The van der Waals surface area contributed by atoms with Gasteiger partial charge in [-0.2, -0.15) is 9.50 Å². The van der Waals surface area contributed by atoms with Gasteiger partial charge < -0.3 is 4.90 Å². The zero-order valence-corrected chi connectivity index (χ0v) is 16.9. The molecule has 0 amide bonds. The summed E-state index contributed by atoms with van der Waals surface area (Å²) in [6, 6.07) is 10.7. The van der Waals surface area contributed by atoms with Crippen molar-refractivity contribution < 1.29 is 0 Å². The molecule has 1 fully saturated rings. The standard InChI is InChI=1S/C22H29N5/c1-16-15-19(26-13-7-5-6-8-14-26)27-21(23-16)24-20(25-27)17-9-11-18(12-10-17)22(2,3)4/h9-12,15H,5-8,13-14H2,1-4H3. The Morgan fingerprint density at radius 3 is 2.19 bits per heavy atom. The molecule has 0 atom stereocenters. The van der Waals surface area contributed by atoms with Gasteiger partial charge in [-0.05, 0) is 30.7 Å². The zero-order chi connectivity index (χ0) is 19.0. The molecule has 5 heteroatoms. The molecular weight excluding hydrogens is 334 g/mol. The fraction of sp³-hybridized carbons (Fsp3) is 0.500. The number of anilines is 1. The SMILES string of the molecule is Cc1cc(N2CCCCCC2)n2nc(-c3ccc(C(C)(C)C)cc3)nc2n1. The van der Waals surface area contributed by atoms with E-state index < -0.39 is 0 Å². The van der Waals surface area contributed by atoms with Crippen LogP contribution in [0, 0.1) is 6.92 Å². The second-order valence-electron chi connectivity index (χ2n) is 8.63. The molecule has 0 N–H and O–H groups in total. The number of nitrogens with zero attached hydrogens (tertiary/aromatic N) is 5. The third-order valence-corrected chi connectivity index (χ3v) is 5.36. The van der Waals surface area contributed by atoms with Gasteiger partial charge in [0.25, 0.3) is 5.78 Å². The molecule has 5 nitrogen and oxygen atoms in total. The average Bonchev–Trinajstić information content (AvgIpc) is 2.86. The molecule has 1 aliphatic rings. The van der Waals surface area contributed by atoms with E-state index in [0.29, 0.717) is 5.78 Å². The number of hydrogen-bond acceptors (Lipinski definition) is 4. The maximum absolute atomic E-state index is 4.82. The van der Waals surface area contributed by atoms with Crippen molar-refractivity contribution in [2.24, 2.45) is 0 Å². The predicted molar refractivity (Wildman–Crippen MR) is 110 cm³/mol. The smallest absolute Gasteiger partial charge is 0.254 e. The van der Waals surface area contributed by atoms with E-state index in [1.807, 2.05) is 11.4 Å². The van der Waals surface area contributed by atoms with Gasteiger partial charge in [-0.25, -0.2) is 4.98 Å². The fourth-order valence-corrected chi connectivity index (χ4v) is 3.73. The summed E-state index contributed by atoms with van der Waals surface area (Å²) in [7, 11) is 0. The van der Waals surface area contributed by atoms with Gasteiger partial charge in [0, 0.05) is 30.4 Å². The average molecular weight is 364 g/mol. The van der Waals surface area contributed by atoms with Gasteiger partial charge in [0.05, 0.1) is 0 Å². The number of rotatable bonds is 2. The first-order valence-corrected chi connectivity index (χ1v) is 10.0. The van der Waals surface area contributed by atoms with Gasteiger partial charge in [-0.3, -0.25) is 0 Å². The Balaban J connectivity index is 1.74. The number of benzene rings is 1. The highest BCUT2D eigenvalue weighted by Gasteiger charge is 2.18. The molecule has 0 saturated carbocycles. The Bertz CT molecular complexity index is 926. The van der Waals surface area contributed by atoms with Crippen LogP contribution in [0.15, 0.2) is 30.3 Å². The van der Waals surface area contributed by atoms with Crippen LogP contribution in [0.25, 0.3) is 17.2 Å². The van der Waals surface area contributed by atoms with Crippen molar-refractivity contribution in [1.82, 2.24) is 19.6 Å². The fourth-order valence-electron chi connectivity index (χ4n) is 3.73. The third kappa shape index (κ3) is 3.68. The van der Waals surface area contributed by atoms with E-state index in [4.69, 9.17) is 10.1 Å². The molecule has 3 heterocycles. The number of hydrogen-bond donors (Lipinski definition) is 0. The molecule has 0 unspecified atom stereocenters. The summed E-state index contributed by atoms with van der Waals surface area (Å²) in [5.74, 6) is 2.54. The molecule has 3 aromatic rings. The van der Waals surface area contributed by atoms with Gasteiger partial charge in [-0.15, -0.1) is 5.10 Å². The maximum atomic E-state index is 4.82. The first-order valence-electron chi connectivity index (χ1n) is 10.0. The van der Waals surface area contributed by atoms with Gasteiger partial charge in [0.2, 0.25) is 0 Å². The highest BCUT2D eigenvalue weighted by molar-refractivity contribution is 5.59. The minimum Gasteiger partial charge on any atom is -0.356 e. The van der Waals surface area contributed by atoms with Crippen molar-refractivity contribution in [2.45, 2.75) is 58.8 Å². The Hall–Kier alpha value is -2.43. The highest BCUT2D eigenvalue weighted by atomic mass is 15.4. The van der Waals surface area contributed by atoms with Crippen molar-refractivity contribution in [1.29, 1.82) is 0 Å². The summed E-state index contributed by atoms with van der Waals surface area (Å²) in [4.78, 5) is 11.8. The normalized spacial score (nSPS) is 15.9. The molecule has 0 spiro atoms. The first-order chi connectivity index (χ1) is 12.9. The summed E-state index contributed by atoms with van der Waals surface area (Å²) >= 11 is 0. The molecule has 4 rings (SSSR count). The van der Waals surface area contributed by atoms with E-state index in [0.717, 1.165) is 36.0 Å². The molecule has 1 aromatic carbocycles. The molecule has 0 radical (unpaired) electrons. The summed E-state index contributed by atoms with van der Waals surface area (Å²) < 4.78 is 1.92. The van der Waals surface area contributed by atoms with Gasteiger partial charge in [0.15, 0.2) is 5.82 Å². The Labute approximate surface area is 161 Å². The van der Waals surface area contributed by atoms with Crippen LogP contribution in [0.1, 0.15) is 57.7 Å². The van der Waals surface area contributed by atoms with Crippen LogP contribution in [-0.4, -0.2) is 32.7 Å². The van der Waals surface area contributed by atoms with E-state index in [-0.39, 0.29) is 5.41 Å². The lowest BCUT2D eigenvalue weighted by atomic mass is 9.87. The maximum Gasteiger partial charge on any atom is 0.254 e. The van der Waals surface area contributed by atoms with E-state index >= 15 is 0 Å². The van der Waals surface area contributed by atoms with Crippen molar-refractivity contribution in [3.05, 3.63) is 41.6 Å². The van der Waals surface area contributed by atoms with Crippen LogP contribution in [0.2, 0.25) is 0 Å². The molecule has 2 aromatic heterocycles. The second-order valence-corrected chi connectivity index (χ2v) is 8.63. The van der Waals surface area contributed by atoms with Crippen molar-refractivity contribution in [2.75, 3.05) is 18.0 Å². The summed E-state index contributed by atoms with van der Waals surface area (Å²) in [6.07, 6.45) is 5.09. The lowest BCUT2D eigenvalue weighted by Crippen LogP contribution is -2.26. The highest BCUT2D eigenvalue weighted by Crippen LogP contribution is 2.26. The molecule has 1 saturated heterocycles. The topological polar surface area (TPSA) is 46.3 Å². The van der Waals surface area contributed by atoms with E-state index in [2.05, 4.69) is 61.0 Å². The second kappa shape index (κ2) is 6.95. The molecular formula is C22H29N5. The van der Waals surface area contributed by atoms with Crippen LogP contribution in [0.5, 0.6) is 0 Å². The lowest BCUT2D eigenvalue weighted by molar-refractivity contribution is 0.590. The van der Waals surface area contributed by atoms with E-state index in [1.165, 1.54) is 31.2 Å². The number of aryl methyl sites for hydroxylation is 1. The number of fused-ring (bicyclic) bond motifs is 1. The third-order valence-electron chi connectivity index (χ3n) is 5.36. The van der Waals surface area contributed by atoms with Gasteiger partial charge >= 0.3 is 0 Å². The predicted octanol–water partition coefficient (Wildman–Crippen LogP) is 4.78. The molecule has 0 aliphatic carbocycles.